The van der Waals surface area contributed by atoms with E-state index in [-0.39, 0.29) is 5.92 Å². The van der Waals surface area contributed by atoms with Gasteiger partial charge in [-0.2, -0.15) is 0 Å². The number of rotatable bonds is 3. The van der Waals surface area contributed by atoms with Crippen LogP contribution in [0.3, 0.4) is 0 Å². The van der Waals surface area contributed by atoms with Crippen LogP contribution in [0.4, 0.5) is 5.69 Å². The van der Waals surface area contributed by atoms with Crippen molar-refractivity contribution in [1.82, 2.24) is 0 Å². The number of hydrogen-bond acceptors (Lipinski definition) is 2. The molecule has 17 heavy (non-hydrogen) atoms. The van der Waals surface area contributed by atoms with E-state index in [9.17, 15) is 4.79 Å². The number of nitrogens with one attached hydrogen (secondary N) is 1. The molecule has 0 aromatic heterocycles. The van der Waals surface area contributed by atoms with Crippen molar-refractivity contribution in [2.24, 2.45) is 5.92 Å². The van der Waals surface area contributed by atoms with Gasteiger partial charge in [0.15, 0.2) is 0 Å². The lowest BCUT2D eigenvalue weighted by Gasteiger charge is -2.26. The van der Waals surface area contributed by atoms with E-state index in [1.165, 1.54) is 5.56 Å². The van der Waals surface area contributed by atoms with Gasteiger partial charge in [0.2, 0.25) is 0 Å². The van der Waals surface area contributed by atoms with Gasteiger partial charge in [0.1, 0.15) is 0 Å². The summed E-state index contributed by atoms with van der Waals surface area (Å²) < 4.78 is 0. The van der Waals surface area contributed by atoms with E-state index in [1.807, 2.05) is 7.05 Å². The molecular weight excluding hydrogens is 214 g/mol. The van der Waals surface area contributed by atoms with Gasteiger partial charge in [-0.25, -0.2) is 0 Å². The Hall–Kier alpha value is -1.51. The minimum absolute atomic E-state index is 0.122. The zero-order chi connectivity index (χ0) is 12.3. The summed E-state index contributed by atoms with van der Waals surface area (Å²) in [5, 5.41) is 12.1. The quantitative estimate of drug-likeness (QED) is 0.843. The molecule has 2 rings (SSSR count). The van der Waals surface area contributed by atoms with Gasteiger partial charge < -0.3 is 10.4 Å². The maximum absolute atomic E-state index is 10.9. The first-order valence-corrected chi connectivity index (χ1v) is 6.21. The van der Waals surface area contributed by atoms with Gasteiger partial charge >= 0.3 is 5.97 Å². The predicted molar refractivity (Wildman–Crippen MR) is 68.3 cm³/mol. The van der Waals surface area contributed by atoms with E-state index in [2.05, 4.69) is 29.6 Å². The fourth-order valence-corrected chi connectivity index (χ4v) is 2.60. The molecule has 1 fully saturated rings. The summed E-state index contributed by atoms with van der Waals surface area (Å²) in [5.74, 6) is -0.215. The zero-order valence-corrected chi connectivity index (χ0v) is 10.1. The lowest BCUT2D eigenvalue weighted by atomic mass is 9.79. The van der Waals surface area contributed by atoms with E-state index in [0.717, 1.165) is 31.4 Å². The molecular formula is C14H19NO2. The Morgan fingerprint density at radius 1 is 1.18 bits per heavy atom. The average Bonchev–Trinajstić information content (AvgIpc) is 2.39. The Morgan fingerprint density at radius 3 is 2.24 bits per heavy atom. The van der Waals surface area contributed by atoms with Crippen LogP contribution < -0.4 is 5.32 Å². The van der Waals surface area contributed by atoms with Crippen LogP contribution in [0.2, 0.25) is 0 Å². The van der Waals surface area contributed by atoms with Crippen LogP contribution in [-0.2, 0) is 4.79 Å². The van der Waals surface area contributed by atoms with Crippen LogP contribution >= 0.6 is 0 Å². The van der Waals surface area contributed by atoms with Crippen LogP contribution in [0.5, 0.6) is 0 Å². The first-order valence-electron chi connectivity index (χ1n) is 6.21. The van der Waals surface area contributed by atoms with Crippen molar-refractivity contribution in [1.29, 1.82) is 0 Å². The lowest BCUT2D eigenvalue weighted by Crippen LogP contribution is -2.20. The molecule has 0 spiro atoms. The topological polar surface area (TPSA) is 49.3 Å². The van der Waals surface area contributed by atoms with Gasteiger partial charge in [-0.05, 0) is 49.3 Å². The highest BCUT2D eigenvalue weighted by molar-refractivity contribution is 5.70. The largest absolute Gasteiger partial charge is 0.481 e. The summed E-state index contributed by atoms with van der Waals surface area (Å²) in [6, 6.07) is 8.46. The summed E-state index contributed by atoms with van der Waals surface area (Å²) in [7, 11) is 1.91. The minimum atomic E-state index is -0.631. The first kappa shape index (κ1) is 12.0. The van der Waals surface area contributed by atoms with Gasteiger partial charge in [0.25, 0.3) is 0 Å². The van der Waals surface area contributed by atoms with Crippen LogP contribution in [-0.4, -0.2) is 18.1 Å². The maximum atomic E-state index is 10.9. The van der Waals surface area contributed by atoms with E-state index < -0.39 is 5.97 Å². The molecule has 0 amide bonds. The Morgan fingerprint density at radius 2 is 1.76 bits per heavy atom. The second kappa shape index (κ2) is 5.21. The van der Waals surface area contributed by atoms with E-state index in [4.69, 9.17) is 5.11 Å². The smallest absolute Gasteiger partial charge is 0.306 e. The molecule has 0 saturated heterocycles. The number of anilines is 1. The molecule has 0 radical (unpaired) electrons. The molecule has 0 aliphatic heterocycles. The second-order valence-corrected chi connectivity index (χ2v) is 4.76. The third-order valence-corrected chi connectivity index (χ3v) is 3.75. The molecule has 3 nitrogen and oxygen atoms in total. The van der Waals surface area contributed by atoms with E-state index in [1.54, 1.807) is 0 Å². The molecule has 0 bridgehead atoms. The summed E-state index contributed by atoms with van der Waals surface area (Å²) in [5.41, 5.74) is 2.46. The van der Waals surface area contributed by atoms with Gasteiger partial charge in [0.05, 0.1) is 5.92 Å². The van der Waals surface area contributed by atoms with Crippen molar-refractivity contribution in [3.05, 3.63) is 29.8 Å². The first-order chi connectivity index (χ1) is 8.20. The van der Waals surface area contributed by atoms with Crippen molar-refractivity contribution in [2.75, 3.05) is 12.4 Å². The molecule has 1 aliphatic carbocycles. The van der Waals surface area contributed by atoms with Gasteiger partial charge in [-0.1, -0.05) is 12.1 Å². The third-order valence-electron chi connectivity index (χ3n) is 3.75. The van der Waals surface area contributed by atoms with Gasteiger partial charge in [-0.15, -0.1) is 0 Å². The average molecular weight is 233 g/mol. The molecule has 92 valence electrons. The lowest BCUT2D eigenvalue weighted by molar-refractivity contribution is -0.142. The molecule has 1 aliphatic rings. The molecule has 1 aromatic rings. The fraction of sp³-hybridized carbons (Fsp3) is 0.500. The summed E-state index contributed by atoms with van der Waals surface area (Å²) in [4.78, 5) is 10.9. The molecule has 1 aromatic carbocycles. The van der Waals surface area contributed by atoms with Crippen molar-refractivity contribution < 1.29 is 9.90 Å². The number of carboxylic acids is 1. The molecule has 0 atom stereocenters. The molecule has 0 unspecified atom stereocenters. The SMILES string of the molecule is CNc1ccc(C2CCC(C(=O)O)CC2)cc1. The van der Waals surface area contributed by atoms with E-state index in [0.29, 0.717) is 5.92 Å². The molecule has 2 N–H and O–H groups in total. The highest BCUT2D eigenvalue weighted by Gasteiger charge is 2.26. The summed E-state index contributed by atoms with van der Waals surface area (Å²) in [6.07, 6.45) is 3.62. The van der Waals surface area contributed by atoms with Gasteiger partial charge in [0, 0.05) is 12.7 Å². The number of aliphatic carboxylic acids is 1. The Bertz CT molecular complexity index is 378. The molecule has 3 heteroatoms. The van der Waals surface area contributed by atoms with Crippen molar-refractivity contribution in [3.8, 4) is 0 Å². The Labute approximate surface area is 102 Å². The van der Waals surface area contributed by atoms with Crippen molar-refractivity contribution >= 4 is 11.7 Å². The maximum Gasteiger partial charge on any atom is 0.306 e. The highest BCUT2D eigenvalue weighted by Crippen LogP contribution is 2.36. The minimum Gasteiger partial charge on any atom is -0.481 e. The predicted octanol–water partition coefficient (Wildman–Crippen LogP) is 3.09. The fourth-order valence-electron chi connectivity index (χ4n) is 2.60. The number of hydrogen-bond donors (Lipinski definition) is 2. The molecule has 1 saturated carbocycles. The van der Waals surface area contributed by atoms with Crippen LogP contribution in [0.1, 0.15) is 37.2 Å². The highest BCUT2D eigenvalue weighted by atomic mass is 16.4. The van der Waals surface area contributed by atoms with E-state index >= 15 is 0 Å². The van der Waals surface area contributed by atoms with Crippen LogP contribution in [0, 0.1) is 5.92 Å². The molecule has 0 heterocycles. The monoisotopic (exact) mass is 233 g/mol. The van der Waals surface area contributed by atoms with Gasteiger partial charge in [-0.3, -0.25) is 4.79 Å². The summed E-state index contributed by atoms with van der Waals surface area (Å²) in [6.45, 7) is 0. The van der Waals surface area contributed by atoms with Crippen LogP contribution in [0.25, 0.3) is 0 Å². The summed E-state index contributed by atoms with van der Waals surface area (Å²) >= 11 is 0. The third kappa shape index (κ3) is 2.78. The Balaban J connectivity index is 1.97. The van der Waals surface area contributed by atoms with Crippen molar-refractivity contribution in [3.63, 3.8) is 0 Å². The number of carbonyl (C=O) groups is 1. The van der Waals surface area contributed by atoms with Crippen LogP contribution in [0.15, 0.2) is 24.3 Å². The van der Waals surface area contributed by atoms with Crippen molar-refractivity contribution in [2.45, 2.75) is 31.6 Å². The normalized spacial score (nSPS) is 24.3. The second-order valence-electron chi connectivity index (χ2n) is 4.76. The number of carboxylic acid groups (broad SMARTS) is 1. The standard InChI is InChI=1S/C14H19NO2/c1-15-13-8-6-11(7-9-13)10-2-4-12(5-3-10)14(16)17/h6-10,12,15H,2-5H2,1H3,(H,16,17). The number of benzene rings is 1. The Kier molecular flexibility index (Phi) is 3.67. The zero-order valence-electron chi connectivity index (χ0n) is 10.1.